The zero-order valence-electron chi connectivity index (χ0n) is 20.2. The molecule has 0 saturated heterocycles. The van der Waals surface area contributed by atoms with Gasteiger partial charge in [0.15, 0.2) is 17.5 Å². The van der Waals surface area contributed by atoms with E-state index in [1.807, 2.05) is 63.2 Å². The summed E-state index contributed by atoms with van der Waals surface area (Å²) < 4.78 is 10.7. The molecule has 7 nitrogen and oxygen atoms in total. The summed E-state index contributed by atoms with van der Waals surface area (Å²) in [5.41, 5.74) is 2.98. The van der Waals surface area contributed by atoms with Crippen molar-refractivity contribution in [1.29, 1.82) is 0 Å². The minimum atomic E-state index is 0. The first-order valence-electron chi connectivity index (χ1n) is 11.1. The van der Waals surface area contributed by atoms with Gasteiger partial charge in [0.25, 0.3) is 0 Å². The Morgan fingerprint density at radius 3 is 2.42 bits per heavy atom. The van der Waals surface area contributed by atoms with Crippen LogP contribution in [0.15, 0.2) is 47.5 Å². The van der Waals surface area contributed by atoms with Crippen molar-refractivity contribution in [3.05, 3.63) is 53.6 Å². The normalized spacial score (nSPS) is 10.9. The highest BCUT2D eigenvalue weighted by molar-refractivity contribution is 14.0. The molecule has 0 aliphatic heterocycles. The average Bonchev–Trinajstić information content (AvgIpc) is 2.77. The number of ether oxygens (including phenoxy) is 2. The van der Waals surface area contributed by atoms with Crippen LogP contribution in [0.25, 0.3) is 0 Å². The Balaban J connectivity index is 0.00000544. The molecule has 2 aromatic rings. The Bertz CT molecular complexity index is 903. The topological polar surface area (TPSA) is 84.0 Å². The first kappa shape index (κ1) is 28.5. The van der Waals surface area contributed by atoms with E-state index in [1.54, 1.807) is 14.2 Å². The summed E-state index contributed by atoms with van der Waals surface area (Å²) in [6.07, 6.45) is 1.33. The van der Waals surface area contributed by atoms with E-state index in [1.165, 1.54) is 0 Å². The maximum Gasteiger partial charge on any atom is 0.224 e. The molecule has 0 heterocycles. The van der Waals surface area contributed by atoms with Gasteiger partial charge in [0, 0.05) is 25.2 Å². The SMILES string of the molecule is CCNC(=NCc1cccc(NC(=O)CC(C)C)c1)NCCc1ccc(OC)c(OC)c1.I. The van der Waals surface area contributed by atoms with Gasteiger partial charge in [0.2, 0.25) is 5.91 Å². The second-order valence-corrected chi connectivity index (χ2v) is 7.91. The number of aliphatic imine (C=N–C) groups is 1. The Hall–Kier alpha value is -2.49. The third-order valence-corrected chi connectivity index (χ3v) is 4.72. The van der Waals surface area contributed by atoms with Crippen LogP contribution in [0.4, 0.5) is 5.69 Å². The number of rotatable bonds is 11. The van der Waals surface area contributed by atoms with Crippen molar-refractivity contribution in [3.63, 3.8) is 0 Å². The summed E-state index contributed by atoms with van der Waals surface area (Å²) in [6.45, 7) is 8.12. The summed E-state index contributed by atoms with van der Waals surface area (Å²) in [5.74, 6) is 2.57. The zero-order chi connectivity index (χ0) is 23.3. The smallest absolute Gasteiger partial charge is 0.224 e. The molecule has 2 aromatic carbocycles. The fourth-order valence-corrected chi connectivity index (χ4v) is 3.20. The van der Waals surface area contributed by atoms with Crippen molar-refractivity contribution in [2.75, 3.05) is 32.6 Å². The summed E-state index contributed by atoms with van der Waals surface area (Å²) in [6, 6.07) is 13.8. The second kappa shape index (κ2) is 15.4. The third-order valence-electron chi connectivity index (χ3n) is 4.72. The lowest BCUT2D eigenvalue weighted by molar-refractivity contribution is -0.116. The Labute approximate surface area is 214 Å². The van der Waals surface area contributed by atoms with Crippen molar-refractivity contribution >= 4 is 41.5 Å². The maximum atomic E-state index is 12.0. The molecule has 33 heavy (non-hydrogen) atoms. The highest BCUT2D eigenvalue weighted by atomic mass is 127. The predicted molar refractivity (Wildman–Crippen MR) is 146 cm³/mol. The number of nitrogens with one attached hydrogen (secondary N) is 3. The predicted octanol–water partition coefficient (Wildman–Crippen LogP) is 4.60. The number of carbonyl (C=O) groups is 1. The lowest BCUT2D eigenvalue weighted by Gasteiger charge is -2.13. The molecule has 0 atom stereocenters. The van der Waals surface area contributed by atoms with E-state index in [-0.39, 0.29) is 29.9 Å². The Morgan fingerprint density at radius 2 is 1.76 bits per heavy atom. The minimum Gasteiger partial charge on any atom is -0.493 e. The summed E-state index contributed by atoms with van der Waals surface area (Å²) in [4.78, 5) is 16.7. The standard InChI is InChI=1S/C25H36N4O3.HI/c1-6-26-25(27-13-12-19-10-11-22(31-4)23(16-19)32-5)28-17-20-8-7-9-21(15-20)29-24(30)14-18(2)3;/h7-11,15-16,18H,6,12-14,17H2,1-5H3,(H,29,30)(H2,26,27,28);1H. The van der Waals surface area contributed by atoms with Crippen LogP contribution in [0.3, 0.4) is 0 Å². The number of guanidine groups is 1. The number of benzene rings is 2. The molecule has 8 heteroatoms. The summed E-state index contributed by atoms with van der Waals surface area (Å²) in [7, 11) is 3.27. The molecule has 0 fully saturated rings. The van der Waals surface area contributed by atoms with Gasteiger partial charge in [-0.15, -0.1) is 24.0 Å². The molecule has 182 valence electrons. The van der Waals surface area contributed by atoms with E-state index in [9.17, 15) is 4.79 Å². The molecule has 2 rings (SSSR count). The van der Waals surface area contributed by atoms with Gasteiger partial charge in [-0.1, -0.05) is 32.0 Å². The molecule has 0 radical (unpaired) electrons. The van der Waals surface area contributed by atoms with Crippen LogP contribution < -0.4 is 25.4 Å². The van der Waals surface area contributed by atoms with Crippen LogP contribution in [-0.4, -0.2) is 39.2 Å². The molecule has 1 amide bonds. The van der Waals surface area contributed by atoms with Gasteiger partial charge < -0.3 is 25.4 Å². The number of methoxy groups -OCH3 is 2. The van der Waals surface area contributed by atoms with Crippen molar-refractivity contribution in [2.45, 2.75) is 40.2 Å². The molecular formula is C25H37IN4O3. The van der Waals surface area contributed by atoms with E-state index in [2.05, 4.69) is 20.9 Å². The van der Waals surface area contributed by atoms with Gasteiger partial charge in [-0.05, 0) is 54.7 Å². The minimum absolute atomic E-state index is 0. The van der Waals surface area contributed by atoms with Crippen LogP contribution in [0, 0.1) is 5.92 Å². The Morgan fingerprint density at radius 1 is 1.00 bits per heavy atom. The van der Waals surface area contributed by atoms with Crippen LogP contribution in [0.2, 0.25) is 0 Å². The second-order valence-electron chi connectivity index (χ2n) is 7.91. The number of hydrogen-bond donors (Lipinski definition) is 3. The quantitative estimate of drug-likeness (QED) is 0.210. The first-order valence-corrected chi connectivity index (χ1v) is 11.1. The molecule has 0 saturated carbocycles. The van der Waals surface area contributed by atoms with Gasteiger partial charge in [-0.2, -0.15) is 0 Å². The molecular weight excluding hydrogens is 531 g/mol. The van der Waals surface area contributed by atoms with Gasteiger partial charge >= 0.3 is 0 Å². The molecule has 0 aliphatic rings. The largest absolute Gasteiger partial charge is 0.493 e. The van der Waals surface area contributed by atoms with E-state index in [4.69, 9.17) is 9.47 Å². The van der Waals surface area contributed by atoms with E-state index in [0.29, 0.717) is 18.9 Å². The molecule has 0 spiro atoms. The fraction of sp³-hybridized carbons (Fsp3) is 0.440. The lowest BCUT2D eigenvalue weighted by atomic mass is 10.1. The van der Waals surface area contributed by atoms with Crippen LogP contribution in [-0.2, 0) is 17.8 Å². The third kappa shape index (κ3) is 10.3. The molecule has 3 N–H and O–H groups in total. The van der Waals surface area contributed by atoms with E-state index in [0.717, 1.165) is 53.8 Å². The lowest BCUT2D eigenvalue weighted by Crippen LogP contribution is -2.38. The van der Waals surface area contributed by atoms with Crippen molar-refractivity contribution in [3.8, 4) is 11.5 Å². The molecule has 0 bridgehead atoms. The van der Waals surface area contributed by atoms with Gasteiger partial charge in [-0.3, -0.25) is 4.79 Å². The maximum absolute atomic E-state index is 12.0. The van der Waals surface area contributed by atoms with Crippen molar-refractivity contribution < 1.29 is 14.3 Å². The molecule has 0 aliphatic carbocycles. The fourth-order valence-electron chi connectivity index (χ4n) is 3.20. The number of halogens is 1. The molecule has 0 aromatic heterocycles. The first-order chi connectivity index (χ1) is 15.4. The molecule has 0 unspecified atom stereocenters. The van der Waals surface area contributed by atoms with Gasteiger partial charge in [0.1, 0.15) is 0 Å². The number of amides is 1. The number of anilines is 1. The van der Waals surface area contributed by atoms with Crippen LogP contribution in [0.5, 0.6) is 11.5 Å². The number of hydrogen-bond acceptors (Lipinski definition) is 4. The average molecular weight is 569 g/mol. The summed E-state index contributed by atoms with van der Waals surface area (Å²) >= 11 is 0. The number of carbonyl (C=O) groups excluding carboxylic acids is 1. The highest BCUT2D eigenvalue weighted by Crippen LogP contribution is 2.27. The van der Waals surface area contributed by atoms with Crippen LogP contribution in [0.1, 0.15) is 38.3 Å². The zero-order valence-corrected chi connectivity index (χ0v) is 22.6. The van der Waals surface area contributed by atoms with Gasteiger partial charge in [0.05, 0.1) is 20.8 Å². The van der Waals surface area contributed by atoms with Gasteiger partial charge in [-0.25, -0.2) is 4.99 Å². The van der Waals surface area contributed by atoms with Crippen molar-refractivity contribution in [1.82, 2.24) is 10.6 Å². The van der Waals surface area contributed by atoms with Crippen molar-refractivity contribution in [2.24, 2.45) is 10.9 Å². The number of nitrogens with zero attached hydrogens (tertiary/aromatic N) is 1. The van der Waals surface area contributed by atoms with E-state index >= 15 is 0 Å². The summed E-state index contributed by atoms with van der Waals surface area (Å²) in [5, 5.41) is 9.60. The monoisotopic (exact) mass is 568 g/mol. The Kier molecular flexibility index (Phi) is 13.3. The van der Waals surface area contributed by atoms with Crippen LogP contribution >= 0.6 is 24.0 Å². The highest BCUT2D eigenvalue weighted by Gasteiger charge is 2.07. The van der Waals surface area contributed by atoms with E-state index < -0.39 is 0 Å².